The molecule has 1 saturated heterocycles. The summed E-state index contributed by atoms with van der Waals surface area (Å²) in [6.07, 6.45) is 8.48. The number of amides is 1. The normalized spacial score (nSPS) is 16.5. The molecule has 1 aromatic heterocycles. The number of ketones is 1. The van der Waals surface area contributed by atoms with E-state index in [2.05, 4.69) is 18.8 Å². The van der Waals surface area contributed by atoms with Crippen LogP contribution in [-0.4, -0.2) is 39.9 Å². The lowest BCUT2D eigenvalue weighted by Gasteiger charge is -2.25. The van der Waals surface area contributed by atoms with Gasteiger partial charge in [-0.15, -0.1) is 0 Å². The third-order valence-corrected chi connectivity index (χ3v) is 6.75. The van der Waals surface area contributed by atoms with Gasteiger partial charge in [-0.2, -0.15) is 0 Å². The average molecular weight is 529 g/mol. The summed E-state index contributed by atoms with van der Waals surface area (Å²) < 4.78 is 11.6. The second-order valence-corrected chi connectivity index (χ2v) is 9.63. The molecule has 7 nitrogen and oxygen atoms in total. The Morgan fingerprint density at radius 3 is 2.03 bits per heavy atom. The van der Waals surface area contributed by atoms with Crippen molar-refractivity contribution in [1.29, 1.82) is 0 Å². The van der Waals surface area contributed by atoms with Gasteiger partial charge in [0.1, 0.15) is 17.3 Å². The number of hydrogen-bond acceptors (Lipinski definition) is 6. The summed E-state index contributed by atoms with van der Waals surface area (Å²) in [5.41, 5.74) is 2.05. The minimum Gasteiger partial charge on any atom is -0.507 e. The number of unbranched alkanes of at least 4 members (excludes halogenated alkanes) is 3. The molecule has 1 atom stereocenters. The molecule has 1 amide bonds. The number of aliphatic hydroxyl groups excluding tert-OH is 1. The van der Waals surface area contributed by atoms with Gasteiger partial charge in [-0.25, -0.2) is 0 Å². The minimum absolute atomic E-state index is 0.0605. The predicted octanol–water partition coefficient (Wildman–Crippen LogP) is 6.45. The number of carbonyl (C=O) groups is 2. The Bertz CT molecular complexity index is 1270. The second-order valence-electron chi connectivity index (χ2n) is 9.63. The standard InChI is InChI=1S/C32H36N2O5/c1-3-5-7-21-39-26-12-8-24(9-13-26)29-28(30(35)25-10-14-27(15-11-25)38-20-6-4-2)31(36)32(37)34(29)22-23-16-18-33-19-17-23/h8-19,29,35H,3-7,20-22H2,1-2H3/b30-28-. The largest absolute Gasteiger partial charge is 0.507 e. The molecule has 1 aliphatic rings. The van der Waals surface area contributed by atoms with E-state index in [1.54, 1.807) is 48.8 Å². The third-order valence-electron chi connectivity index (χ3n) is 6.75. The monoisotopic (exact) mass is 528 g/mol. The summed E-state index contributed by atoms with van der Waals surface area (Å²) in [5.74, 6) is -0.174. The molecule has 39 heavy (non-hydrogen) atoms. The molecule has 204 valence electrons. The van der Waals surface area contributed by atoms with E-state index < -0.39 is 17.7 Å². The van der Waals surface area contributed by atoms with Crippen LogP contribution in [0.25, 0.3) is 5.76 Å². The van der Waals surface area contributed by atoms with E-state index in [4.69, 9.17) is 9.47 Å². The van der Waals surface area contributed by atoms with Crippen molar-refractivity contribution in [2.24, 2.45) is 0 Å². The molecule has 7 heteroatoms. The molecule has 0 aliphatic carbocycles. The number of hydrogen-bond donors (Lipinski definition) is 1. The molecule has 0 spiro atoms. The van der Waals surface area contributed by atoms with Crippen LogP contribution < -0.4 is 9.47 Å². The van der Waals surface area contributed by atoms with Crippen LogP contribution in [0.4, 0.5) is 0 Å². The fraction of sp³-hybridized carbons (Fsp3) is 0.344. The van der Waals surface area contributed by atoms with E-state index in [1.807, 2.05) is 24.3 Å². The van der Waals surface area contributed by atoms with Gasteiger partial charge in [-0.1, -0.05) is 45.2 Å². The maximum atomic E-state index is 13.3. The second kappa shape index (κ2) is 13.6. The Hall–Kier alpha value is -4.13. The molecular formula is C32H36N2O5. The topological polar surface area (TPSA) is 89.0 Å². The first-order chi connectivity index (χ1) is 19.0. The summed E-state index contributed by atoms with van der Waals surface area (Å²) >= 11 is 0. The van der Waals surface area contributed by atoms with Crippen LogP contribution in [0.5, 0.6) is 11.5 Å². The Kier molecular flexibility index (Phi) is 9.73. The summed E-state index contributed by atoms with van der Waals surface area (Å²) in [6, 6.07) is 17.2. The van der Waals surface area contributed by atoms with Gasteiger partial charge in [0.15, 0.2) is 0 Å². The number of likely N-dealkylation sites (tertiary alicyclic amines) is 1. The molecule has 3 aromatic rings. The maximum absolute atomic E-state index is 13.3. The van der Waals surface area contributed by atoms with Crippen molar-refractivity contribution in [1.82, 2.24) is 9.88 Å². The highest BCUT2D eigenvalue weighted by Gasteiger charge is 2.46. The number of Topliss-reactive ketones (excluding diaryl/α,β-unsaturated/α-hetero) is 1. The molecular weight excluding hydrogens is 492 g/mol. The van der Waals surface area contributed by atoms with Crippen molar-refractivity contribution in [3.8, 4) is 11.5 Å². The van der Waals surface area contributed by atoms with Gasteiger partial charge in [0.25, 0.3) is 11.7 Å². The predicted molar refractivity (Wildman–Crippen MR) is 150 cm³/mol. The maximum Gasteiger partial charge on any atom is 0.295 e. The Balaban J connectivity index is 1.67. The summed E-state index contributed by atoms with van der Waals surface area (Å²) in [4.78, 5) is 32.2. The highest BCUT2D eigenvalue weighted by atomic mass is 16.5. The lowest BCUT2D eigenvalue weighted by atomic mass is 9.95. The third kappa shape index (κ3) is 6.85. The number of nitrogens with zero attached hydrogens (tertiary/aromatic N) is 2. The van der Waals surface area contributed by atoms with Gasteiger partial charge < -0.3 is 19.5 Å². The van der Waals surface area contributed by atoms with Crippen LogP contribution in [0.1, 0.15) is 68.7 Å². The number of benzene rings is 2. The van der Waals surface area contributed by atoms with Gasteiger partial charge in [0, 0.05) is 24.5 Å². The van der Waals surface area contributed by atoms with Crippen molar-refractivity contribution < 1.29 is 24.2 Å². The van der Waals surface area contributed by atoms with Crippen molar-refractivity contribution >= 4 is 17.4 Å². The molecule has 1 fully saturated rings. The van der Waals surface area contributed by atoms with Gasteiger partial charge in [-0.3, -0.25) is 14.6 Å². The first-order valence-corrected chi connectivity index (χ1v) is 13.7. The molecule has 1 unspecified atom stereocenters. The number of pyridine rings is 1. The van der Waals surface area contributed by atoms with Crippen LogP contribution in [0.2, 0.25) is 0 Å². The van der Waals surface area contributed by atoms with E-state index >= 15 is 0 Å². The molecule has 1 aliphatic heterocycles. The van der Waals surface area contributed by atoms with Gasteiger partial charge in [-0.05, 0) is 72.5 Å². The zero-order valence-electron chi connectivity index (χ0n) is 22.6. The number of carbonyl (C=O) groups excluding carboxylic acids is 2. The molecule has 1 N–H and O–H groups in total. The highest BCUT2D eigenvalue weighted by molar-refractivity contribution is 6.46. The number of ether oxygens (including phenoxy) is 2. The lowest BCUT2D eigenvalue weighted by Crippen LogP contribution is -2.29. The van der Waals surface area contributed by atoms with Crippen molar-refractivity contribution in [2.45, 2.75) is 58.5 Å². The molecule has 0 saturated carbocycles. The summed E-state index contributed by atoms with van der Waals surface area (Å²) in [7, 11) is 0. The fourth-order valence-corrected chi connectivity index (χ4v) is 4.56. The van der Waals surface area contributed by atoms with E-state index in [1.165, 1.54) is 4.90 Å². The Morgan fingerprint density at radius 2 is 1.41 bits per heavy atom. The van der Waals surface area contributed by atoms with E-state index in [-0.39, 0.29) is 17.9 Å². The first kappa shape index (κ1) is 27.9. The molecule has 2 heterocycles. The van der Waals surface area contributed by atoms with Crippen molar-refractivity contribution in [3.63, 3.8) is 0 Å². The first-order valence-electron chi connectivity index (χ1n) is 13.7. The SMILES string of the molecule is CCCCCOc1ccc(C2/C(=C(/O)c3ccc(OCCCC)cc3)C(=O)C(=O)N2Cc2ccncc2)cc1. The number of rotatable bonds is 13. The van der Waals surface area contributed by atoms with E-state index in [0.717, 1.165) is 43.4 Å². The van der Waals surface area contributed by atoms with Gasteiger partial charge in [0.2, 0.25) is 0 Å². The van der Waals surface area contributed by atoms with Crippen LogP contribution in [-0.2, 0) is 16.1 Å². The molecule has 0 bridgehead atoms. The summed E-state index contributed by atoms with van der Waals surface area (Å²) in [5, 5.41) is 11.4. The van der Waals surface area contributed by atoms with Crippen molar-refractivity contribution in [2.75, 3.05) is 13.2 Å². The minimum atomic E-state index is -0.757. The quantitative estimate of drug-likeness (QED) is 0.119. The smallest absolute Gasteiger partial charge is 0.295 e. The number of aromatic nitrogens is 1. The summed E-state index contributed by atoms with van der Waals surface area (Å²) in [6.45, 7) is 5.69. The fourth-order valence-electron chi connectivity index (χ4n) is 4.56. The van der Waals surface area contributed by atoms with Crippen LogP contribution >= 0.6 is 0 Å². The average Bonchev–Trinajstić information content (AvgIpc) is 3.21. The number of aliphatic hydroxyl groups is 1. The molecule has 2 aromatic carbocycles. The van der Waals surface area contributed by atoms with E-state index in [9.17, 15) is 14.7 Å². The lowest BCUT2D eigenvalue weighted by molar-refractivity contribution is -0.140. The van der Waals surface area contributed by atoms with Gasteiger partial charge in [0.05, 0.1) is 24.8 Å². The van der Waals surface area contributed by atoms with Crippen molar-refractivity contribution in [3.05, 3.63) is 95.3 Å². The Labute approximate surface area is 230 Å². The highest BCUT2D eigenvalue weighted by Crippen LogP contribution is 2.40. The molecule has 4 rings (SSSR count). The van der Waals surface area contributed by atoms with Crippen LogP contribution in [0.15, 0.2) is 78.6 Å². The van der Waals surface area contributed by atoms with E-state index in [0.29, 0.717) is 30.1 Å². The molecule has 0 radical (unpaired) electrons. The zero-order valence-corrected chi connectivity index (χ0v) is 22.6. The van der Waals surface area contributed by atoms with Gasteiger partial charge >= 0.3 is 0 Å². The van der Waals surface area contributed by atoms with Crippen LogP contribution in [0, 0.1) is 0 Å². The van der Waals surface area contributed by atoms with Crippen LogP contribution in [0.3, 0.4) is 0 Å². The Morgan fingerprint density at radius 1 is 0.821 bits per heavy atom. The zero-order chi connectivity index (χ0) is 27.6.